The van der Waals surface area contributed by atoms with E-state index in [4.69, 9.17) is 9.47 Å². The van der Waals surface area contributed by atoms with Crippen LogP contribution in [0.5, 0.6) is 11.5 Å². The Morgan fingerprint density at radius 2 is 1.78 bits per heavy atom. The van der Waals surface area contributed by atoms with Crippen molar-refractivity contribution >= 4 is 15.9 Å². The number of rotatable bonds is 5. The number of fused-ring (bicyclic) bond motifs is 1. The molecule has 8 heteroatoms. The Morgan fingerprint density at radius 1 is 1.07 bits per heavy atom. The van der Waals surface area contributed by atoms with E-state index in [-0.39, 0.29) is 16.7 Å². The quantitative estimate of drug-likeness (QED) is 0.823. The lowest BCUT2D eigenvalue weighted by atomic mass is 9.84. The lowest BCUT2D eigenvalue weighted by Gasteiger charge is -2.32. The fourth-order valence-corrected chi connectivity index (χ4v) is 5.23. The van der Waals surface area contributed by atoms with Crippen molar-refractivity contribution in [1.29, 1.82) is 0 Å². The van der Waals surface area contributed by atoms with Gasteiger partial charge in [0, 0.05) is 31.6 Å². The first kappa shape index (κ1) is 18.6. The van der Waals surface area contributed by atoms with E-state index in [1.54, 1.807) is 18.2 Å². The topological polar surface area (TPSA) is 84.9 Å². The van der Waals surface area contributed by atoms with Crippen LogP contribution in [0.2, 0.25) is 0 Å². The molecule has 0 radical (unpaired) electrons. The second-order valence-corrected chi connectivity index (χ2v) is 9.46. The number of sulfonamides is 1. The third-order valence-corrected chi connectivity index (χ3v) is 7.66. The predicted molar refractivity (Wildman–Crippen MR) is 99.3 cm³/mol. The normalized spacial score (nSPS) is 21.5. The van der Waals surface area contributed by atoms with Crippen molar-refractivity contribution in [2.24, 2.45) is 11.8 Å². The van der Waals surface area contributed by atoms with Gasteiger partial charge in [-0.1, -0.05) is 6.42 Å². The number of nitrogens with one attached hydrogen (secondary N) is 1. The van der Waals surface area contributed by atoms with Gasteiger partial charge < -0.3 is 14.8 Å². The van der Waals surface area contributed by atoms with E-state index in [2.05, 4.69) is 5.32 Å². The third-order valence-electron chi connectivity index (χ3n) is 5.77. The van der Waals surface area contributed by atoms with Crippen LogP contribution in [-0.4, -0.2) is 51.5 Å². The standard InChI is InChI=1S/C19H26N2O5S/c22-19(15-2-1-3-15)20-13-14-6-8-21(9-7-14)27(23,24)16-4-5-17-18(12-16)26-11-10-25-17/h4-5,12,14-15H,1-3,6-11,13H2,(H,20,22). The van der Waals surface area contributed by atoms with Gasteiger partial charge in [-0.05, 0) is 43.7 Å². The molecule has 1 saturated heterocycles. The van der Waals surface area contributed by atoms with E-state index in [0.717, 1.165) is 32.1 Å². The molecule has 3 aliphatic rings. The van der Waals surface area contributed by atoms with Crippen LogP contribution in [-0.2, 0) is 14.8 Å². The van der Waals surface area contributed by atoms with Crippen molar-refractivity contribution in [2.75, 3.05) is 32.8 Å². The molecule has 1 aliphatic carbocycles. The first-order chi connectivity index (χ1) is 13.0. The summed E-state index contributed by atoms with van der Waals surface area (Å²) in [6, 6.07) is 4.78. The van der Waals surface area contributed by atoms with Gasteiger partial charge in [-0.2, -0.15) is 4.31 Å². The van der Waals surface area contributed by atoms with E-state index >= 15 is 0 Å². The largest absolute Gasteiger partial charge is 0.486 e. The fraction of sp³-hybridized carbons (Fsp3) is 0.632. The summed E-state index contributed by atoms with van der Waals surface area (Å²) in [4.78, 5) is 12.2. The Hall–Kier alpha value is -1.80. The first-order valence-electron chi connectivity index (χ1n) is 9.71. The number of carbonyl (C=O) groups excluding carboxylic acids is 1. The minimum absolute atomic E-state index is 0.160. The molecule has 2 heterocycles. The molecule has 0 atom stereocenters. The molecule has 0 bridgehead atoms. The highest BCUT2D eigenvalue weighted by Crippen LogP contribution is 2.34. The molecule has 4 rings (SSSR count). The molecular weight excluding hydrogens is 368 g/mol. The molecule has 0 spiro atoms. The second-order valence-electron chi connectivity index (χ2n) is 7.53. The number of amides is 1. The van der Waals surface area contributed by atoms with Crippen LogP contribution in [0.25, 0.3) is 0 Å². The lowest BCUT2D eigenvalue weighted by Crippen LogP contribution is -2.43. The molecule has 7 nitrogen and oxygen atoms in total. The van der Waals surface area contributed by atoms with Gasteiger partial charge in [0.15, 0.2) is 11.5 Å². The van der Waals surface area contributed by atoms with E-state index < -0.39 is 10.0 Å². The zero-order valence-corrected chi connectivity index (χ0v) is 16.2. The minimum atomic E-state index is -3.55. The number of benzene rings is 1. The Bertz CT molecular complexity index is 798. The van der Waals surface area contributed by atoms with Crippen molar-refractivity contribution in [3.8, 4) is 11.5 Å². The van der Waals surface area contributed by atoms with E-state index in [1.807, 2.05) is 0 Å². The number of hydrogen-bond donors (Lipinski definition) is 1. The summed E-state index contributed by atoms with van der Waals surface area (Å²) in [6.45, 7) is 2.49. The summed E-state index contributed by atoms with van der Waals surface area (Å²) < 4.78 is 38.4. The second kappa shape index (κ2) is 7.67. The molecule has 1 aromatic rings. The maximum atomic E-state index is 12.9. The number of ether oxygens (including phenoxy) is 2. The third kappa shape index (κ3) is 3.91. The summed E-state index contributed by atoms with van der Waals surface area (Å²) in [5.74, 6) is 1.76. The number of carbonyl (C=O) groups is 1. The Morgan fingerprint density at radius 3 is 2.44 bits per heavy atom. The first-order valence-corrected chi connectivity index (χ1v) is 11.2. The predicted octanol–water partition coefficient (Wildman–Crippen LogP) is 1.77. The molecule has 0 unspecified atom stereocenters. The fourth-order valence-electron chi connectivity index (χ4n) is 3.75. The van der Waals surface area contributed by atoms with Crippen LogP contribution in [0.15, 0.2) is 23.1 Å². The van der Waals surface area contributed by atoms with Crippen LogP contribution in [0.3, 0.4) is 0 Å². The molecule has 2 fully saturated rings. The molecule has 2 aliphatic heterocycles. The van der Waals surface area contributed by atoms with Crippen LogP contribution in [0, 0.1) is 11.8 Å². The van der Waals surface area contributed by atoms with Crippen molar-refractivity contribution in [1.82, 2.24) is 9.62 Å². The van der Waals surface area contributed by atoms with Crippen LogP contribution >= 0.6 is 0 Å². The van der Waals surface area contributed by atoms with Gasteiger partial charge in [0.25, 0.3) is 0 Å². The maximum Gasteiger partial charge on any atom is 0.243 e. The molecule has 148 valence electrons. The Labute approximate surface area is 160 Å². The Kier molecular flexibility index (Phi) is 5.27. The van der Waals surface area contributed by atoms with E-state index in [9.17, 15) is 13.2 Å². The van der Waals surface area contributed by atoms with Crippen molar-refractivity contribution in [2.45, 2.75) is 37.0 Å². The molecule has 1 amide bonds. The molecule has 1 saturated carbocycles. The van der Waals surface area contributed by atoms with Crippen LogP contribution in [0.1, 0.15) is 32.1 Å². The molecule has 27 heavy (non-hydrogen) atoms. The summed E-state index contributed by atoms with van der Waals surface area (Å²) in [7, 11) is -3.55. The van der Waals surface area contributed by atoms with Gasteiger partial charge in [0.1, 0.15) is 13.2 Å². The SMILES string of the molecule is O=C(NCC1CCN(S(=O)(=O)c2ccc3c(c2)OCCO3)CC1)C1CCC1. The molecule has 1 N–H and O–H groups in total. The summed E-state index contributed by atoms with van der Waals surface area (Å²) >= 11 is 0. The smallest absolute Gasteiger partial charge is 0.243 e. The highest BCUT2D eigenvalue weighted by Gasteiger charge is 2.31. The van der Waals surface area contributed by atoms with Crippen molar-refractivity contribution in [3.05, 3.63) is 18.2 Å². The molecular formula is C19H26N2O5S. The number of nitrogens with zero attached hydrogens (tertiary/aromatic N) is 1. The van der Waals surface area contributed by atoms with Crippen molar-refractivity contribution < 1.29 is 22.7 Å². The van der Waals surface area contributed by atoms with Gasteiger partial charge in [0.05, 0.1) is 4.90 Å². The van der Waals surface area contributed by atoms with Gasteiger partial charge in [-0.15, -0.1) is 0 Å². The molecule has 1 aromatic carbocycles. The van der Waals surface area contributed by atoms with Gasteiger partial charge in [-0.3, -0.25) is 4.79 Å². The molecule has 0 aromatic heterocycles. The number of piperidine rings is 1. The van der Waals surface area contributed by atoms with Gasteiger partial charge >= 0.3 is 0 Å². The van der Waals surface area contributed by atoms with Crippen LogP contribution in [0.4, 0.5) is 0 Å². The lowest BCUT2D eigenvalue weighted by molar-refractivity contribution is -0.127. The van der Waals surface area contributed by atoms with Crippen molar-refractivity contribution in [3.63, 3.8) is 0 Å². The highest BCUT2D eigenvalue weighted by atomic mass is 32.2. The average Bonchev–Trinajstić information content (AvgIpc) is 2.65. The van der Waals surface area contributed by atoms with E-state index in [0.29, 0.717) is 50.3 Å². The number of hydrogen-bond acceptors (Lipinski definition) is 5. The minimum Gasteiger partial charge on any atom is -0.486 e. The van der Waals surface area contributed by atoms with E-state index in [1.165, 1.54) is 4.31 Å². The summed E-state index contributed by atoms with van der Waals surface area (Å²) in [5, 5.41) is 3.04. The monoisotopic (exact) mass is 394 g/mol. The zero-order chi connectivity index (χ0) is 18.9. The van der Waals surface area contributed by atoms with Crippen LogP contribution < -0.4 is 14.8 Å². The average molecular weight is 394 g/mol. The maximum absolute atomic E-state index is 12.9. The zero-order valence-electron chi connectivity index (χ0n) is 15.4. The highest BCUT2D eigenvalue weighted by molar-refractivity contribution is 7.89. The Balaban J connectivity index is 1.33. The summed E-state index contributed by atoms with van der Waals surface area (Å²) in [5.41, 5.74) is 0. The summed E-state index contributed by atoms with van der Waals surface area (Å²) in [6.07, 6.45) is 4.66. The van der Waals surface area contributed by atoms with Gasteiger partial charge in [0.2, 0.25) is 15.9 Å². The van der Waals surface area contributed by atoms with Gasteiger partial charge in [-0.25, -0.2) is 8.42 Å².